The van der Waals surface area contributed by atoms with Crippen LogP contribution in [0.2, 0.25) is 0 Å². The number of hydrogen-bond acceptors (Lipinski definition) is 5. The van der Waals surface area contributed by atoms with Crippen molar-refractivity contribution >= 4 is 27.7 Å². The minimum absolute atomic E-state index is 0.116. The third kappa shape index (κ3) is 3.21. The first-order valence-electron chi connectivity index (χ1n) is 7.86. The molecule has 8 nitrogen and oxygen atoms in total. The van der Waals surface area contributed by atoms with Crippen LogP contribution in [0.1, 0.15) is 32.1 Å². The van der Waals surface area contributed by atoms with E-state index in [1.54, 1.807) is 4.90 Å². The predicted molar refractivity (Wildman–Crippen MR) is 86.7 cm³/mol. The van der Waals surface area contributed by atoms with Gasteiger partial charge in [-0.05, 0) is 25.0 Å². The minimum Gasteiger partial charge on any atom is -0.480 e. The van der Waals surface area contributed by atoms with E-state index in [0.717, 1.165) is 19.3 Å². The fourth-order valence-electron chi connectivity index (χ4n) is 3.17. The number of nitrogens with zero attached hydrogens (tertiary/aromatic N) is 2. The lowest BCUT2D eigenvalue weighted by atomic mass is 9.81. The highest BCUT2D eigenvalue weighted by atomic mass is 32.2. The lowest BCUT2D eigenvalue weighted by Gasteiger charge is -2.34. The average molecular weight is 353 g/mol. The van der Waals surface area contributed by atoms with E-state index in [4.69, 9.17) is 0 Å². The van der Waals surface area contributed by atoms with Crippen LogP contribution >= 0.6 is 0 Å². The Hall–Kier alpha value is -2.16. The Morgan fingerprint density at radius 2 is 1.92 bits per heavy atom. The van der Waals surface area contributed by atoms with Gasteiger partial charge in [0.15, 0.2) is 0 Å². The van der Waals surface area contributed by atoms with Crippen LogP contribution in [0.25, 0.3) is 0 Å². The molecule has 2 aliphatic heterocycles. The molecule has 3 aliphatic rings. The first-order valence-corrected chi connectivity index (χ1v) is 9.47. The zero-order valence-corrected chi connectivity index (χ0v) is 13.9. The first kappa shape index (κ1) is 16.7. The van der Waals surface area contributed by atoms with Gasteiger partial charge in [-0.25, -0.2) is 13.2 Å². The second-order valence-corrected chi connectivity index (χ2v) is 8.00. The molecule has 0 unspecified atom stereocenters. The second-order valence-electron chi connectivity index (χ2n) is 6.25. The quantitative estimate of drug-likeness (QED) is 0.758. The van der Waals surface area contributed by atoms with E-state index in [1.807, 2.05) is 0 Å². The molecular weight excluding hydrogens is 334 g/mol. The molecule has 0 radical (unpaired) electrons. The molecule has 9 heteroatoms. The van der Waals surface area contributed by atoms with Gasteiger partial charge in [0.25, 0.3) is 15.9 Å². The smallest absolute Gasteiger partial charge is 0.329 e. The van der Waals surface area contributed by atoms with Crippen molar-refractivity contribution in [2.24, 2.45) is 4.40 Å². The molecule has 1 fully saturated rings. The van der Waals surface area contributed by atoms with E-state index in [-0.39, 0.29) is 18.1 Å². The minimum atomic E-state index is -3.45. The molecule has 3 rings (SSSR count). The standard InChI is InChI=1S/C15H19N3O5S/c19-13(16-15(14(20)21)6-2-1-3-7-15)11-4-5-12-17-24(22,23)9-8-18(12)10-11/h4-5,10H,1-3,6-9H2,(H,16,19)(H,20,21). The highest BCUT2D eigenvalue weighted by Crippen LogP contribution is 2.29. The van der Waals surface area contributed by atoms with Crippen molar-refractivity contribution in [3.63, 3.8) is 0 Å². The SMILES string of the molecule is O=C(NC1(C(=O)O)CCCCC1)C1=CN2CCS(=O)(=O)N=C2C=C1. The zero-order chi connectivity index (χ0) is 17.4. The fourth-order valence-corrected chi connectivity index (χ4v) is 4.14. The van der Waals surface area contributed by atoms with Crippen molar-refractivity contribution in [3.8, 4) is 0 Å². The van der Waals surface area contributed by atoms with Gasteiger partial charge in [0.2, 0.25) is 0 Å². The number of carbonyl (C=O) groups excluding carboxylic acids is 1. The summed E-state index contributed by atoms with van der Waals surface area (Å²) in [5.74, 6) is -1.33. The van der Waals surface area contributed by atoms with Crippen LogP contribution in [-0.4, -0.2) is 54.0 Å². The Morgan fingerprint density at radius 3 is 2.58 bits per heavy atom. The van der Waals surface area contributed by atoms with E-state index in [2.05, 4.69) is 9.71 Å². The highest BCUT2D eigenvalue weighted by molar-refractivity contribution is 7.90. The first-order chi connectivity index (χ1) is 11.3. The van der Waals surface area contributed by atoms with Gasteiger partial charge in [0, 0.05) is 12.7 Å². The van der Waals surface area contributed by atoms with Crippen molar-refractivity contribution in [3.05, 3.63) is 23.9 Å². The number of carboxylic acid groups (broad SMARTS) is 1. The third-order valence-corrected chi connectivity index (χ3v) is 5.72. The molecular formula is C15H19N3O5S. The lowest BCUT2D eigenvalue weighted by Crippen LogP contribution is -2.56. The van der Waals surface area contributed by atoms with Crippen molar-refractivity contribution in [1.82, 2.24) is 10.2 Å². The molecule has 24 heavy (non-hydrogen) atoms. The third-order valence-electron chi connectivity index (χ3n) is 4.56. The number of nitrogens with one attached hydrogen (secondary N) is 1. The molecule has 2 heterocycles. The topological polar surface area (TPSA) is 116 Å². The molecule has 0 bridgehead atoms. The van der Waals surface area contributed by atoms with Crippen LogP contribution < -0.4 is 5.32 Å². The fraction of sp³-hybridized carbons (Fsp3) is 0.533. The molecule has 0 saturated heterocycles. The molecule has 0 aromatic carbocycles. The summed E-state index contributed by atoms with van der Waals surface area (Å²) in [5, 5.41) is 12.2. The molecule has 1 aliphatic carbocycles. The molecule has 0 atom stereocenters. The summed E-state index contributed by atoms with van der Waals surface area (Å²) in [6, 6.07) is 0. The van der Waals surface area contributed by atoms with Crippen molar-refractivity contribution < 1.29 is 23.1 Å². The summed E-state index contributed by atoms with van der Waals surface area (Å²) in [7, 11) is -3.45. The van der Waals surface area contributed by atoms with Crippen LogP contribution in [0.5, 0.6) is 0 Å². The Balaban J connectivity index is 1.78. The lowest BCUT2D eigenvalue weighted by molar-refractivity contribution is -0.148. The Labute approximate surface area is 140 Å². The summed E-state index contributed by atoms with van der Waals surface area (Å²) in [6.45, 7) is 0.215. The number of aliphatic carboxylic acids is 1. The Morgan fingerprint density at radius 1 is 1.21 bits per heavy atom. The summed E-state index contributed by atoms with van der Waals surface area (Å²) < 4.78 is 26.6. The summed E-state index contributed by atoms with van der Waals surface area (Å²) in [5.41, 5.74) is -0.927. The van der Waals surface area contributed by atoms with E-state index in [9.17, 15) is 23.1 Å². The highest BCUT2D eigenvalue weighted by Gasteiger charge is 2.41. The van der Waals surface area contributed by atoms with Gasteiger partial charge < -0.3 is 15.3 Å². The Bertz CT molecular complexity index is 760. The van der Waals surface area contributed by atoms with Gasteiger partial charge in [0.1, 0.15) is 11.4 Å². The van der Waals surface area contributed by atoms with Gasteiger partial charge in [-0.1, -0.05) is 19.3 Å². The van der Waals surface area contributed by atoms with E-state index in [1.165, 1.54) is 18.4 Å². The van der Waals surface area contributed by atoms with Crippen LogP contribution in [-0.2, 0) is 19.6 Å². The molecule has 2 N–H and O–H groups in total. The van der Waals surface area contributed by atoms with E-state index < -0.39 is 27.4 Å². The number of carboxylic acids is 1. The molecule has 0 spiro atoms. The Kier molecular flexibility index (Phi) is 4.20. The summed E-state index contributed by atoms with van der Waals surface area (Å²) >= 11 is 0. The van der Waals surface area contributed by atoms with Crippen LogP contribution in [0, 0.1) is 0 Å². The van der Waals surface area contributed by atoms with E-state index >= 15 is 0 Å². The molecule has 0 aromatic heterocycles. The van der Waals surface area contributed by atoms with Gasteiger partial charge in [-0.2, -0.15) is 0 Å². The van der Waals surface area contributed by atoms with E-state index in [0.29, 0.717) is 18.4 Å². The van der Waals surface area contributed by atoms with Gasteiger partial charge in [-0.3, -0.25) is 4.79 Å². The van der Waals surface area contributed by atoms with Crippen molar-refractivity contribution in [2.75, 3.05) is 12.3 Å². The molecule has 1 amide bonds. The number of hydrogen-bond donors (Lipinski definition) is 2. The molecule has 1 saturated carbocycles. The summed E-state index contributed by atoms with van der Waals surface area (Å²) in [4.78, 5) is 25.7. The number of amidine groups is 1. The largest absolute Gasteiger partial charge is 0.480 e. The number of amides is 1. The maximum atomic E-state index is 12.5. The zero-order valence-electron chi connectivity index (χ0n) is 13.1. The number of carbonyl (C=O) groups is 2. The number of fused-ring (bicyclic) bond motifs is 1. The second kappa shape index (κ2) is 6.04. The van der Waals surface area contributed by atoms with Crippen molar-refractivity contribution in [2.45, 2.75) is 37.6 Å². The maximum absolute atomic E-state index is 12.5. The van der Waals surface area contributed by atoms with Crippen LogP contribution in [0.3, 0.4) is 0 Å². The number of sulfonamides is 1. The maximum Gasteiger partial charge on any atom is 0.329 e. The molecule has 130 valence electrons. The summed E-state index contributed by atoms with van der Waals surface area (Å²) in [6.07, 6.45) is 7.77. The normalized spacial score (nSPS) is 24.4. The predicted octanol–water partition coefficient (Wildman–Crippen LogP) is 0.388. The van der Waals surface area contributed by atoms with Gasteiger partial charge in [-0.15, -0.1) is 4.40 Å². The monoisotopic (exact) mass is 353 g/mol. The van der Waals surface area contributed by atoms with Crippen molar-refractivity contribution in [1.29, 1.82) is 0 Å². The molecule has 0 aromatic rings. The van der Waals surface area contributed by atoms with Crippen LogP contribution in [0.4, 0.5) is 0 Å². The van der Waals surface area contributed by atoms with Gasteiger partial charge in [0.05, 0.1) is 11.3 Å². The number of rotatable bonds is 3. The average Bonchev–Trinajstić information content (AvgIpc) is 2.54. The van der Waals surface area contributed by atoms with Gasteiger partial charge >= 0.3 is 5.97 Å². The van der Waals surface area contributed by atoms with Crippen LogP contribution in [0.15, 0.2) is 28.3 Å².